The van der Waals surface area contributed by atoms with Crippen molar-refractivity contribution in [3.05, 3.63) is 46.7 Å². The molecule has 2 heterocycles. The third-order valence-corrected chi connectivity index (χ3v) is 2.51. The molecule has 0 aliphatic rings. The van der Waals surface area contributed by atoms with E-state index in [9.17, 15) is 10.1 Å². The molecule has 2 aromatic heterocycles. The summed E-state index contributed by atoms with van der Waals surface area (Å²) in [5, 5.41) is 18.3. The van der Waals surface area contributed by atoms with E-state index >= 15 is 0 Å². The van der Waals surface area contributed by atoms with Crippen LogP contribution in [-0.4, -0.2) is 15.1 Å². The second-order valence-electron chi connectivity index (χ2n) is 3.54. The first-order chi connectivity index (χ1) is 8.25. The molecule has 0 atom stereocenters. The van der Waals surface area contributed by atoms with Crippen molar-refractivity contribution in [1.29, 1.82) is 0 Å². The lowest BCUT2D eigenvalue weighted by molar-refractivity contribution is -0.384. The fourth-order valence-electron chi connectivity index (χ4n) is 1.72. The van der Waals surface area contributed by atoms with Gasteiger partial charge in [-0.05, 0) is 18.2 Å². The van der Waals surface area contributed by atoms with Crippen LogP contribution in [0, 0.1) is 10.1 Å². The predicted molar refractivity (Wildman–Crippen MR) is 67.7 cm³/mol. The van der Waals surface area contributed by atoms with Crippen LogP contribution in [0.25, 0.3) is 22.4 Å². The normalized spacial score (nSPS) is 10.2. The van der Waals surface area contributed by atoms with Gasteiger partial charge in [0, 0.05) is 17.5 Å². The van der Waals surface area contributed by atoms with Gasteiger partial charge in [-0.15, -0.1) is 12.4 Å². The fourth-order valence-corrected chi connectivity index (χ4v) is 1.72. The van der Waals surface area contributed by atoms with Crippen LogP contribution in [0.5, 0.6) is 0 Å². The number of hydrogen-bond acceptors (Lipinski definition) is 4. The van der Waals surface area contributed by atoms with Crippen LogP contribution in [0.4, 0.5) is 5.69 Å². The highest BCUT2D eigenvalue weighted by Gasteiger charge is 2.13. The van der Waals surface area contributed by atoms with Gasteiger partial charge in [-0.25, -0.2) is 0 Å². The third-order valence-electron chi connectivity index (χ3n) is 2.51. The number of nitro benzene ring substituents is 1. The van der Waals surface area contributed by atoms with Crippen LogP contribution < -0.4 is 0 Å². The molecular weight excluding hydrogens is 258 g/mol. The third kappa shape index (κ3) is 1.82. The van der Waals surface area contributed by atoms with E-state index in [1.165, 1.54) is 12.1 Å². The number of rotatable bonds is 2. The van der Waals surface area contributed by atoms with Crippen molar-refractivity contribution in [3.8, 4) is 11.5 Å². The molecule has 0 unspecified atom stereocenters. The van der Waals surface area contributed by atoms with Crippen molar-refractivity contribution in [2.45, 2.75) is 0 Å². The largest absolute Gasteiger partial charge is 0.463 e. The van der Waals surface area contributed by atoms with Gasteiger partial charge in [0.2, 0.25) is 0 Å². The highest BCUT2D eigenvalue weighted by Crippen LogP contribution is 2.28. The first-order valence-electron chi connectivity index (χ1n) is 4.92. The first kappa shape index (κ1) is 12.1. The Morgan fingerprint density at radius 2 is 2.17 bits per heavy atom. The highest BCUT2D eigenvalue weighted by atomic mass is 35.5. The Morgan fingerprint density at radius 3 is 2.83 bits per heavy atom. The maximum atomic E-state index is 10.6. The van der Waals surface area contributed by atoms with E-state index in [-0.39, 0.29) is 18.1 Å². The molecule has 0 bridgehead atoms. The van der Waals surface area contributed by atoms with Gasteiger partial charge in [0.15, 0.2) is 5.76 Å². The average Bonchev–Trinajstić information content (AvgIpc) is 2.96. The molecule has 3 aromatic rings. The number of non-ortho nitro benzene ring substituents is 1. The van der Waals surface area contributed by atoms with Crippen molar-refractivity contribution in [2.24, 2.45) is 0 Å². The van der Waals surface area contributed by atoms with Crippen molar-refractivity contribution < 1.29 is 9.34 Å². The molecule has 7 heteroatoms. The Morgan fingerprint density at radius 1 is 1.33 bits per heavy atom. The molecule has 0 fully saturated rings. The number of furan rings is 1. The van der Waals surface area contributed by atoms with E-state index < -0.39 is 4.92 Å². The van der Waals surface area contributed by atoms with Crippen molar-refractivity contribution in [1.82, 2.24) is 10.2 Å². The topological polar surface area (TPSA) is 85.0 Å². The van der Waals surface area contributed by atoms with E-state index in [0.29, 0.717) is 17.0 Å². The number of aromatic amines is 1. The Hall–Kier alpha value is -2.34. The molecule has 3 rings (SSSR count). The number of benzene rings is 1. The standard InChI is InChI=1S/C11H7N3O3.ClH/c15-14(16)7-3-4-8-9(6-7)12-13-11(8)10-2-1-5-17-10;/h1-6H,(H,12,13);1H. The second kappa shape index (κ2) is 4.50. The summed E-state index contributed by atoms with van der Waals surface area (Å²) in [6, 6.07) is 8.12. The van der Waals surface area contributed by atoms with E-state index in [0.717, 1.165) is 5.39 Å². The van der Waals surface area contributed by atoms with Gasteiger partial charge in [0.1, 0.15) is 5.69 Å². The lowest BCUT2D eigenvalue weighted by Gasteiger charge is -1.93. The number of H-pyrrole nitrogens is 1. The maximum absolute atomic E-state index is 10.6. The molecule has 0 radical (unpaired) electrons. The number of fused-ring (bicyclic) bond motifs is 1. The summed E-state index contributed by atoms with van der Waals surface area (Å²) in [5.41, 5.74) is 1.30. The van der Waals surface area contributed by atoms with Crippen molar-refractivity contribution in [3.63, 3.8) is 0 Å². The maximum Gasteiger partial charge on any atom is 0.271 e. The van der Waals surface area contributed by atoms with E-state index in [4.69, 9.17) is 4.42 Å². The molecule has 18 heavy (non-hydrogen) atoms. The number of nitrogens with one attached hydrogen (secondary N) is 1. The number of hydrogen-bond donors (Lipinski definition) is 1. The highest BCUT2D eigenvalue weighted by molar-refractivity contribution is 5.92. The smallest absolute Gasteiger partial charge is 0.271 e. The summed E-state index contributed by atoms with van der Waals surface area (Å²) in [7, 11) is 0. The predicted octanol–water partition coefficient (Wildman–Crippen LogP) is 3.15. The summed E-state index contributed by atoms with van der Waals surface area (Å²) in [5.74, 6) is 0.630. The number of halogens is 1. The quantitative estimate of drug-likeness (QED) is 0.570. The van der Waals surface area contributed by atoms with Gasteiger partial charge in [0.25, 0.3) is 5.69 Å². The monoisotopic (exact) mass is 265 g/mol. The van der Waals surface area contributed by atoms with Gasteiger partial charge in [-0.2, -0.15) is 5.10 Å². The molecule has 0 spiro atoms. The Balaban J connectivity index is 0.00000120. The molecule has 0 amide bonds. The Kier molecular flexibility index (Phi) is 3.03. The Bertz CT molecular complexity index is 691. The summed E-state index contributed by atoms with van der Waals surface area (Å²) in [6.07, 6.45) is 1.56. The molecular formula is C11H8ClN3O3. The fraction of sp³-hybridized carbons (Fsp3) is 0. The molecule has 0 aliphatic carbocycles. The van der Waals surface area contributed by atoms with Gasteiger partial charge in [-0.3, -0.25) is 15.2 Å². The van der Waals surface area contributed by atoms with Crippen LogP contribution in [-0.2, 0) is 0 Å². The van der Waals surface area contributed by atoms with Crippen LogP contribution in [0.3, 0.4) is 0 Å². The lowest BCUT2D eigenvalue weighted by atomic mass is 10.1. The van der Waals surface area contributed by atoms with Crippen LogP contribution in [0.1, 0.15) is 0 Å². The lowest BCUT2D eigenvalue weighted by Crippen LogP contribution is -1.86. The van der Waals surface area contributed by atoms with Crippen molar-refractivity contribution >= 4 is 29.0 Å². The molecule has 0 saturated carbocycles. The minimum Gasteiger partial charge on any atom is -0.463 e. The number of nitrogens with zero attached hydrogens (tertiary/aromatic N) is 2. The molecule has 92 valence electrons. The van der Waals surface area contributed by atoms with Crippen molar-refractivity contribution in [2.75, 3.05) is 0 Å². The molecule has 6 nitrogen and oxygen atoms in total. The van der Waals surface area contributed by atoms with E-state index in [2.05, 4.69) is 10.2 Å². The van der Waals surface area contributed by atoms with Gasteiger partial charge < -0.3 is 4.42 Å². The summed E-state index contributed by atoms with van der Waals surface area (Å²) < 4.78 is 5.25. The van der Waals surface area contributed by atoms with Crippen LogP contribution in [0.2, 0.25) is 0 Å². The van der Waals surface area contributed by atoms with E-state index in [1.54, 1.807) is 24.5 Å². The molecule has 1 aromatic carbocycles. The van der Waals surface area contributed by atoms with Crippen LogP contribution >= 0.6 is 12.4 Å². The van der Waals surface area contributed by atoms with E-state index in [1.807, 2.05) is 0 Å². The summed E-state index contributed by atoms with van der Waals surface area (Å²) >= 11 is 0. The molecule has 1 N–H and O–H groups in total. The molecule has 0 aliphatic heterocycles. The number of nitro groups is 1. The average molecular weight is 266 g/mol. The zero-order valence-corrected chi connectivity index (χ0v) is 9.81. The zero-order valence-electron chi connectivity index (χ0n) is 8.99. The Labute approximate surface area is 107 Å². The second-order valence-corrected chi connectivity index (χ2v) is 3.54. The minimum atomic E-state index is -0.438. The van der Waals surface area contributed by atoms with Gasteiger partial charge >= 0.3 is 0 Å². The first-order valence-corrected chi connectivity index (χ1v) is 4.92. The summed E-state index contributed by atoms with van der Waals surface area (Å²) in [4.78, 5) is 10.2. The SMILES string of the molecule is Cl.O=[N+]([O-])c1ccc2c(-c3ccco3)n[nH]c2c1. The number of aromatic nitrogens is 2. The molecule has 0 saturated heterocycles. The van der Waals surface area contributed by atoms with Gasteiger partial charge in [-0.1, -0.05) is 0 Å². The van der Waals surface area contributed by atoms with Crippen LogP contribution in [0.15, 0.2) is 41.0 Å². The summed E-state index contributed by atoms with van der Waals surface area (Å²) in [6.45, 7) is 0. The minimum absolute atomic E-state index is 0. The van der Waals surface area contributed by atoms with Gasteiger partial charge in [0.05, 0.1) is 16.7 Å². The zero-order chi connectivity index (χ0) is 11.8.